The zero-order chi connectivity index (χ0) is 44.6. The second-order valence-corrected chi connectivity index (χ2v) is 17.1. The lowest BCUT2D eigenvalue weighted by Crippen LogP contribution is -2.68. The zero-order valence-corrected chi connectivity index (χ0v) is 34.7. The van der Waals surface area contributed by atoms with Crippen molar-refractivity contribution in [2.24, 2.45) is 45.9 Å². The largest absolute Gasteiger partial charge is 0.389 e. The molecule has 60 heavy (non-hydrogen) atoms. The summed E-state index contributed by atoms with van der Waals surface area (Å²) >= 11 is 0. The average molecular weight is 873 g/mol. The predicted octanol–water partition coefficient (Wildman–Crippen LogP) is -9.80. The van der Waals surface area contributed by atoms with Gasteiger partial charge in [-0.1, -0.05) is 0 Å². The second kappa shape index (κ2) is 23.8. The van der Waals surface area contributed by atoms with Gasteiger partial charge >= 0.3 is 0 Å². The number of aliphatic hydroxyl groups excluding tert-OH is 8. The van der Waals surface area contributed by atoms with E-state index in [0.29, 0.717) is 13.1 Å². The highest BCUT2D eigenvalue weighted by Crippen LogP contribution is 2.30. The van der Waals surface area contributed by atoms with Gasteiger partial charge in [0.1, 0.15) is 61.0 Å². The number of unbranched alkanes of at least 4 members (excludes halogenated alkanes) is 1. The number of aliphatic hydroxyl groups is 8. The summed E-state index contributed by atoms with van der Waals surface area (Å²) in [6.07, 6.45) is -16.1. The molecule has 0 unspecified atom stereocenters. The van der Waals surface area contributed by atoms with Crippen molar-refractivity contribution in [1.82, 2.24) is 9.80 Å². The predicted molar refractivity (Wildman–Crippen MR) is 214 cm³/mol. The smallest absolute Gasteiger partial charge is 0.176 e. The fourth-order valence-corrected chi connectivity index (χ4v) is 8.35. The van der Waals surface area contributed by atoms with Gasteiger partial charge in [-0.3, -0.25) is 0 Å². The van der Waals surface area contributed by atoms with Crippen LogP contribution < -0.4 is 45.9 Å². The standard InChI is InChI=1S/C36H76N10O14/c1-45(11-15(47)13-55-33-25(49)17(39)7-19(41)31(33)59-35-23(43)29(53)27(51)21(9-37)57-35)5-3-4-6-46(2)12-16(48)14-56-34-26(50)18(40)8-20(42)32(34)60-36-24(44)30(54)28(52)22(10-38)58-36/h15-36,47-54H,3-14,37-44H2,1-2H3/t15-,16+,17-,18-,19+,20+,21-,22-,23-,24-,25+,26+,27-,28-,29-,30-,31-,32-,33-,34-,35-,36-/m1/s1. The van der Waals surface area contributed by atoms with Crippen LogP contribution in [-0.4, -0.2) is 252 Å². The maximum atomic E-state index is 10.9. The summed E-state index contributed by atoms with van der Waals surface area (Å²) in [7, 11) is 3.70. The zero-order valence-electron chi connectivity index (χ0n) is 34.7. The summed E-state index contributed by atoms with van der Waals surface area (Å²) in [5, 5.41) is 84.8. The normalized spacial score (nSPS) is 44.0. The van der Waals surface area contributed by atoms with Crippen molar-refractivity contribution in [2.45, 2.75) is 160 Å². The molecule has 0 aromatic rings. The molecule has 0 amide bonds. The Morgan fingerprint density at radius 3 is 1.22 bits per heavy atom. The summed E-state index contributed by atoms with van der Waals surface area (Å²) in [5.74, 6) is 0. The lowest BCUT2D eigenvalue weighted by atomic mass is 9.84. The molecular weight excluding hydrogens is 796 g/mol. The first-order valence-electron chi connectivity index (χ1n) is 20.9. The van der Waals surface area contributed by atoms with E-state index < -0.39 is 134 Å². The Morgan fingerprint density at radius 1 is 0.533 bits per heavy atom. The van der Waals surface area contributed by atoms with Crippen LogP contribution in [0.15, 0.2) is 0 Å². The molecule has 2 aliphatic heterocycles. The Labute approximate surface area is 351 Å². The van der Waals surface area contributed by atoms with Gasteiger partial charge in [0.15, 0.2) is 12.6 Å². The van der Waals surface area contributed by atoms with Crippen LogP contribution in [0.3, 0.4) is 0 Å². The molecule has 4 fully saturated rings. The van der Waals surface area contributed by atoms with Crippen LogP contribution in [0.2, 0.25) is 0 Å². The average Bonchev–Trinajstić information content (AvgIpc) is 3.20. The van der Waals surface area contributed by atoms with Gasteiger partial charge in [-0.2, -0.15) is 0 Å². The van der Waals surface area contributed by atoms with E-state index in [1.54, 1.807) is 0 Å². The third kappa shape index (κ3) is 13.3. The van der Waals surface area contributed by atoms with Crippen molar-refractivity contribution in [1.29, 1.82) is 0 Å². The van der Waals surface area contributed by atoms with Crippen LogP contribution in [0.25, 0.3) is 0 Å². The number of nitrogens with two attached hydrogens (primary N) is 8. The molecule has 24 nitrogen and oxygen atoms in total. The number of likely N-dealkylation sites (N-methyl/N-ethyl adjacent to an activating group) is 2. The summed E-state index contributed by atoms with van der Waals surface area (Å²) in [5.41, 5.74) is 48.5. The van der Waals surface area contributed by atoms with Crippen LogP contribution in [-0.2, 0) is 28.4 Å². The van der Waals surface area contributed by atoms with Crippen LogP contribution in [0, 0.1) is 0 Å². The van der Waals surface area contributed by atoms with E-state index in [1.807, 2.05) is 23.9 Å². The van der Waals surface area contributed by atoms with Crippen LogP contribution >= 0.6 is 0 Å². The highest BCUT2D eigenvalue weighted by molar-refractivity contribution is 5.02. The first kappa shape index (κ1) is 51.7. The van der Waals surface area contributed by atoms with Crippen molar-refractivity contribution < 1.29 is 69.3 Å². The minimum atomic E-state index is -1.38. The fourth-order valence-electron chi connectivity index (χ4n) is 8.35. The molecule has 24 heteroatoms. The fraction of sp³-hybridized carbons (Fsp3) is 1.00. The molecule has 0 spiro atoms. The van der Waals surface area contributed by atoms with Crippen molar-refractivity contribution >= 4 is 0 Å². The first-order valence-corrected chi connectivity index (χ1v) is 20.9. The third-order valence-electron chi connectivity index (χ3n) is 12.0. The van der Waals surface area contributed by atoms with Crippen molar-refractivity contribution in [3.63, 3.8) is 0 Å². The van der Waals surface area contributed by atoms with E-state index in [1.165, 1.54) is 0 Å². The van der Waals surface area contributed by atoms with Crippen LogP contribution in [0.5, 0.6) is 0 Å². The van der Waals surface area contributed by atoms with Gasteiger partial charge < -0.3 is 125 Å². The molecule has 0 aromatic carbocycles. The van der Waals surface area contributed by atoms with E-state index >= 15 is 0 Å². The summed E-state index contributed by atoms with van der Waals surface area (Å²) in [4.78, 5) is 3.86. The molecule has 0 bridgehead atoms. The van der Waals surface area contributed by atoms with E-state index in [4.69, 9.17) is 74.3 Å². The Bertz CT molecular complexity index is 1160. The van der Waals surface area contributed by atoms with Gasteiger partial charge in [-0.05, 0) is 52.9 Å². The Balaban J connectivity index is 1.18. The number of ether oxygens (including phenoxy) is 6. The summed E-state index contributed by atoms with van der Waals surface area (Å²) in [6, 6.07) is -5.13. The van der Waals surface area contributed by atoms with Crippen LogP contribution in [0.1, 0.15) is 25.7 Å². The van der Waals surface area contributed by atoms with Crippen LogP contribution in [0.4, 0.5) is 0 Å². The SMILES string of the molecule is CN(CCCCN(C)C[C@@H](O)CO[C@@H]1[C@@H](O)[C@H](N)C[C@H](N)[C@H]1O[C@H]1O[C@H](CN)[C@@H](O)[C@H](O)[C@H]1N)C[C@H](O)CO[C@@H]1[C@@H](O)[C@H](N)C[C@H](N)[C@H]1O[C@H]1O[C@H](CN)[C@@H](O)[C@H](O)[C@H]1N. The van der Waals surface area contributed by atoms with Crippen molar-refractivity contribution in [3.05, 3.63) is 0 Å². The Kier molecular flexibility index (Phi) is 20.5. The first-order chi connectivity index (χ1) is 28.3. The van der Waals surface area contributed by atoms with Gasteiger partial charge in [0, 0.05) is 50.3 Å². The molecule has 354 valence electrons. The molecule has 2 saturated carbocycles. The van der Waals surface area contributed by atoms with Gasteiger partial charge in [0.25, 0.3) is 0 Å². The lowest BCUT2D eigenvalue weighted by Gasteiger charge is -2.47. The third-order valence-corrected chi connectivity index (χ3v) is 12.0. The van der Waals surface area contributed by atoms with E-state index in [0.717, 1.165) is 12.8 Å². The maximum Gasteiger partial charge on any atom is 0.176 e. The summed E-state index contributed by atoms with van der Waals surface area (Å²) in [6.45, 7) is 1.21. The molecule has 0 radical (unpaired) electrons. The van der Waals surface area contributed by atoms with E-state index in [9.17, 15) is 40.9 Å². The molecule has 2 saturated heterocycles. The minimum Gasteiger partial charge on any atom is -0.389 e. The van der Waals surface area contributed by atoms with Gasteiger partial charge in [-0.15, -0.1) is 0 Å². The molecule has 2 heterocycles. The van der Waals surface area contributed by atoms with Crippen molar-refractivity contribution in [3.8, 4) is 0 Å². The molecule has 2 aliphatic carbocycles. The van der Waals surface area contributed by atoms with Crippen molar-refractivity contribution in [2.75, 3.05) is 66.6 Å². The molecule has 4 aliphatic rings. The quantitative estimate of drug-likeness (QED) is 0.0476. The number of rotatable bonds is 21. The molecule has 4 rings (SSSR count). The molecule has 0 aromatic heterocycles. The minimum absolute atomic E-state index is 0.103. The van der Waals surface area contributed by atoms with Gasteiger partial charge in [0.2, 0.25) is 0 Å². The van der Waals surface area contributed by atoms with E-state index in [2.05, 4.69) is 0 Å². The number of nitrogens with zero attached hydrogens (tertiary/aromatic N) is 2. The molecular formula is C36H76N10O14. The highest BCUT2D eigenvalue weighted by atomic mass is 16.7. The Morgan fingerprint density at radius 2 is 0.883 bits per heavy atom. The molecule has 24 N–H and O–H groups in total. The number of hydrogen-bond donors (Lipinski definition) is 16. The topological polar surface area (TPSA) is 432 Å². The van der Waals surface area contributed by atoms with Gasteiger partial charge in [-0.25, -0.2) is 0 Å². The molecule has 22 atom stereocenters. The number of hydrogen-bond acceptors (Lipinski definition) is 24. The Hall–Kier alpha value is -0.960. The summed E-state index contributed by atoms with van der Waals surface area (Å²) < 4.78 is 35.5. The van der Waals surface area contributed by atoms with Gasteiger partial charge in [0.05, 0.1) is 49.7 Å². The second-order valence-electron chi connectivity index (χ2n) is 17.1. The maximum absolute atomic E-state index is 10.9. The monoisotopic (exact) mass is 873 g/mol. The van der Waals surface area contributed by atoms with E-state index in [-0.39, 0.29) is 52.2 Å². The highest BCUT2D eigenvalue weighted by Gasteiger charge is 2.50. The lowest BCUT2D eigenvalue weighted by molar-refractivity contribution is -0.292.